The molecule has 0 unspecified atom stereocenters. The zero-order valence-corrected chi connectivity index (χ0v) is 16.6. The van der Waals surface area contributed by atoms with Gasteiger partial charge in [-0.2, -0.15) is 0 Å². The molecule has 0 bridgehead atoms. The summed E-state index contributed by atoms with van der Waals surface area (Å²) >= 11 is 0. The lowest BCUT2D eigenvalue weighted by molar-refractivity contribution is -0.114. The third kappa shape index (κ3) is 4.45. The number of rotatable bonds is 5. The molecule has 0 spiro atoms. The number of amides is 1. The first-order chi connectivity index (χ1) is 14.0. The van der Waals surface area contributed by atoms with Gasteiger partial charge >= 0.3 is 0 Å². The first-order valence-corrected chi connectivity index (χ1v) is 9.68. The molecular formula is C20H25N7O2. The van der Waals surface area contributed by atoms with Crippen LogP contribution in [0.5, 0.6) is 5.88 Å². The Bertz CT molecular complexity index is 1020. The molecule has 9 nitrogen and oxygen atoms in total. The summed E-state index contributed by atoms with van der Waals surface area (Å²) in [6.45, 7) is 4.21. The van der Waals surface area contributed by atoms with Crippen molar-refractivity contribution in [3.63, 3.8) is 0 Å². The molecule has 0 aliphatic carbocycles. The van der Waals surface area contributed by atoms with E-state index in [-0.39, 0.29) is 5.91 Å². The van der Waals surface area contributed by atoms with Crippen LogP contribution in [0.1, 0.15) is 19.8 Å². The lowest BCUT2D eigenvalue weighted by Gasteiger charge is -2.28. The smallest absolute Gasteiger partial charge is 0.257 e. The van der Waals surface area contributed by atoms with Crippen LogP contribution in [0.2, 0.25) is 0 Å². The Morgan fingerprint density at radius 1 is 1.28 bits per heavy atom. The summed E-state index contributed by atoms with van der Waals surface area (Å²) in [4.78, 5) is 26.8. The first kappa shape index (κ1) is 19.1. The maximum absolute atomic E-state index is 11.2. The minimum atomic E-state index is -0.163. The number of hydrogen-bond acceptors (Lipinski definition) is 7. The van der Waals surface area contributed by atoms with Gasteiger partial charge in [0.2, 0.25) is 5.91 Å². The van der Waals surface area contributed by atoms with Gasteiger partial charge in [0.25, 0.3) is 5.88 Å². The number of carbonyl (C=O) groups is 1. The second kappa shape index (κ2) is 8.04. The minimum absolute atomic E-state index is 0.163. The van der Waals surface area contributed by atoms with Gasteiger partial charge in [-0.1, -0.05) is 0 Å². The van der Waals surface area contributed by atoms with Gasteiger partial charge in [0.15, 0.2) is 11.6 Å². The molecule has 1 amide bonds. The molecule has 3 aromatic heterocycles. The van der Waals surface area contributed by atoms with E-state index in [4.69, 9.17) is 10.5 Å². The van der Waals surface area contributed by atoms with Crippen molar-refractivity contribution in [1.29, 1.82) is 0 Å². The van der Waals surface area contributed by atoms with Gasteiger partial charge < -0.3 is 25.1 Å². The van der Waals surface area contributed by atoms with Crippen LogP contribution in [0.25, 0.3) is 16.9 Å². The molecule has 3 N–H and O–H groups in total. The summed E-state index contributed by atoms with van der Waals surface area (Å²) in [5.74, 6) is 1.50. The van der Waals surface area contributed by atoms with E-state index < -0.39 is 0 Å². The lowest BCUT2D eigenvalue weighted by Crippen LogP contribution is -2.32. The molecule has 0 saturated carbocycles. The largest absolute Gasteiger partial charge is 0.475 e. The van der Waals surface area contributed by atoms with Crippen LogP contribution in [-0.2, 0) is 4.79 Å². The summed E-state index contributed by atoms with van der Waals surface area (Å²) in [7, 11) is 2.14. The number of nitrogens with one attached hydrogen (secondary N) is 1. The van der Waals surface area contributed by atoms with Crippen molar-refractivity contribution in [3.8, 4) is 17.1 Å². The Kier molecular flexibility index (Phi) is 5.30. The molecule has 1 fully saturated rings. The molecule has 9 heteroatoms. The monoisotopic (exact) mass is 395 g/mol. The SMILES string of the molecule is CC(=O)Nc1cn2cc(-c3cnc(N)c(OCC4CCN(C)CC4)n3)ccc2n1. The van der Waals surface area contributed by atoms with Crippen molar-refractivity contribution in [1.82, 2.24) is 24.3 Å². The Labute approximate surface area is 168 Å². The molecule has 0 radical (unpaired) electrons. The topological polar surface area (TPSA) is 111 Å². The molecule has 29 heavy (non-hydrogen) atoms. The van der Waals surface area contributed by atoms with E-state index in [0.29, 0.717) is 35.7 Å². The molecule has 4 heterocycles. The number of fused-ring (bicyclic) bond motifs is 1. The van der Waals surface area contributed by atoms with Gasteiger partial charge in [-0.25, -0.2) is 15.0 Å². The number of anilines is 2. The number of nitrogen functional groups attached to an aromatic ring is 1. The maximum atomic E-state index is 11.2. The highest BCUT2D eigenvalue weighted by atomic mass is 16.5. The van der Waals surface area contributed by atoms with E-state index in [9.17, 15) is 4.79 Å². The summed E-state index contributed by atoms with van der Waals surface area (Å²) in [5, 5.41) is 2.68. The van der Waals surface area contributed by atoms with E-state index in [1.807, 2.05) is 22.7 Å². The Hall–Kier alpha value is -3.20. The van der Waals surface area contributed by atoms with Crippen molar-refractivity contribution in [2.24, 2.45) is 5.92 Å². The van der Waals surface area contributed by atoms with Crippen LogP contribution in [0.4, 0.5) is 11.6 Å². The number of piperidine rings is 1. The van der Waals surface area contributed by atoms with Crippen LogP contribution >= 0.6 is 0 Å². The molecular weight excluding hydrogens is 370 g/mol. The number of imidazole rings is 1. The predicted octanol–water partition coefficient (Wildman–Crippen LogP) is 2.05. The lowest BCUT2D eigenvalue weighted by atomic mass is 9.98. The molecule has 1 aliphatic rings. The standard InChI is InChI=1S/C20H25N7O2/c1-13(28)23-17-11-27-10-15(3-4-18(27)25-17)16-9-22-19(21)20(24-16)29-12-14-5-7-26(2)8-6-14/h3-4,9-11,14H,5-8,12H2,1-2H3,(H2,21,22)(H,23,28). The number of likely N-dealkylation sites (tertiary alicyclic amines) is 1. The Morgan fingerprint density at radius 3 is 2.83 bits per heavy atom. The van der Waals surface area contributed by atoms with E-state index in [2.05, 4.69) is 32.2 Å². The van der Waals surface area contributed by atoms with Gasteiger partial charge in [-0.3, -0.25) is 4.79 Å². The van der Waals surface area contributed by atoms with Gasteiger partial charge in [-0.05, 0) is 51.0 Å². The van der Waals surface area contributed by atoms with E-state index in [1.165, 1.54) is 6.92 Å². The average molecular weight is 395 g/mol. The van der Waals surface area contributed by atoms with E-state index in [1.54, 1.807) is 12.4 Å². The average Bonchev–Trinajstić information content (AvgIpc) is 3.09. The minimum Gasteiger partial charge on any atom is -0.475 e. The van der Waals surface area contributed by atoms with Crippen LogP contribution in [0.3, 0.4) is 0 Å². The summed E-state index contributed by atoms with van der Waals surface area (Å²) in [5.41, 5.74) is 8.21. The number of carbonyl (C=O) groups excluding carboxylic acids is 1. The zero-order valence-electron chi connectivity index (χ0n) is 16.6. The third-order valence-corrected chi connectivity index (χ3v) is 5.11. The fourth-order valence-corrected chi connectivity index (χ4v) is 3.44. The van der Waals surface area contributed by atoms with E-state index >= 15 is 0 Å². The van der Waals surface area contributed by atoms with Crippen LogP contribution in [-0.4, -0.2) is 56.9 Å². The second-order valence-corrected chi connectivity index (χ2v) is 7.49. The van der Waals surface area contributed by atoms with Crippen molar-refractivity contribution in [3.05, 3.63) is 30.7 Å². The van der Waals surface area contributed by atoms with Crippen LogP contribution < -0.4 is 15.8 Å². The quantitative estimate of drug-likeness (QED) is 0.680. The molecule has 1 aliphatic heterocycles. The zero-order chi connectivity index (χ0) is 20.4. The molecule has 0 atom stereocenters. The number of aromatic nitrogens is 4. The number of hydrogen-bond donors (Lipinski definition) is 2. The third-order valence-electron chi connectivity index (χ3n) is 5.11. The summed E-state index contributed by atoms with van der Waals surface area (Å²) < 4.78 is 7.76. The van der Waals surface area contributed by atoms with Crippen LogP contribution in [0.15, 0.2) is 30.7 Å². The summed E-state index contributed by atoms with van der Waals surface area (Å²) in [6.07, 6.45) is 7.48. The highest BCUT2D eigenvalue weighted by Gasteiger charge is 2.18. The molecule has 1 saturated heterocycles. The van der Waals surface area contributed by atoms with Crippen LogP contribution in [0, 0.1) is 5.92 Å². The molecule has 3 aromatic rings. The predicted molar refractivity (Wildman–Crippen MR) is 111 cm³/mol. The van der Waals surface area contributed by atoms with Crippen molar-refractivity contribution < 1.29 is 9.53 Å². The fraction of sp³-hybridized carbons (Fsp3) is 0.400. The highest BCUT2D eigenvalue weighted by Crippen LogP contribution is 2.25. The second-order valence-electron chi connectivity index (χ2n) is 7.49. The molecule has 0 aromatic carbocycles. The van der Waals surface area contributed by atoms with Crippen molar-refractivity contribution in [2.75, 3.05) is 37.8 Å². The Morgan fingerprint density at radius 2 is 2.07 bits per heavy atom. The van der Waals surface area contributed by atoms with Gasteiger partial charge in [-0.15, -0.1) is 0 Å². The normalized spacial score (nSPS) is 15.5. The van der Waals surface area contributed by atoms with Gasteiger partial charge in [0, 0.05) is 18.7 Å². The number of nitrogens with two attached hydrogens (primary N) is 1. The maximum Gasteiger partial charge on any atom is 0.257 e. The first-order valence-electron chi connectivity index (χ1n) is 9.68. The van der Waals surface area contributed by atoms with Gasteiger partial charge in [0.05, 0.1) is 24.7 Å². The van der Waals surface area contributed by atoms with Crippen molar-refractivity contribution >= 4 is 23.2 Å². The molecule has 152 valence electrons. The fourth-order valence-electron chi connectivity index (χ4n) is 3.44. The van der Waals surface area contributed by atoms with Gasteiger partial charge in [0.1, 0.15) is 5.65 Å². The highest BCUT2D eigenvalue weighted by molar-refractivity contribution is 5.87. The summed E-state index contributed by atoms with van der Waals surface area (Å²) in [6, 6.07) is 3.76. The number of pyridine rings is 1. The number of nitrogens with zero attached hydrogens (tertiary/aromatic N) is 5. The Balaban J connectivity index is 1.52. The number of ether oxygens (including phenoxy) is 1. The molecule has 4 rings (SSSR count). The van der Waals surface area contributed by atoms with Crippen molar-refractivity contribution in [2.45, 2.75) is 19.8 Å². The van der Waals surface area contributed by atoms with E-state index in [0.717, 1.165) is 37.1 Å².